The van der Waals surface area contributed by atoms with Crippen LogP contribution in [0.15, 0.2) is 18.2 Å². The Kier molecular flexibility index (Phi) is 6.49. The zero-order chi connectivity index (χ0) is 16.7. The number of nitrogens with one attached hydrogen (secondary N) is 2. The van der Waals surface area contributed by atoms with Gasteiger partial charge in [0.1, 0.15) is 17.5 Å². The largest absolute Gasteiger partial charge is 0.497 e. The van der Waals surface area contributed by atoms with Crippen molar-refractivity contribution in [2.45, 2.75) is 26.3 Å². The highest BCUT2D eigenvalue weighted by molar-refractivity contribution is 5.93. The fourth-order valence-corrected chi connectivity index (χ4v) is 1.89. The first-order valence-electron chi connectivity index (χ1n) is 6.95. The van der Waals surface area contributed by atoms with Crippen LogP contribution >= 0.6 is 0 Å². The molecule has 1 rings (SSSR count). The highest BCUT2D eigenvalue weighted by Crippen LogP contribution is 2.28. The van der Waals surface area contributed by atoms with Crippen molar-refractivity contribution >= 4 is 17.7 Å². The SMILES string of the molecule is CC[C@H](C)[C@H](NC(=O)Nc1cc(OC)ccc1OC)C(=O)O. The number of hydrogen-bond donors (Lipinski definition) is 3. The minimum atomic E-state index is -1.07. The lowest BCUT2D eigenvalue weighted by Crippen LogP contribution is -2.46. The Labute approximate surface area is 129 Å². The lowest BCUT2D eigenvalue weighted by Gasteiger charge is -2.21. The van der Waals surface area contributed by atoms with Crippen molar-refractivity contribution in [3.05, 3.63) is 18.2 Å². The molecule has 0 aromatic heterocycles. The summed E-state index contributed by atoms with van der Waals surface area (Å²) in [5.41, 5.74) is 0.396. The van der Waals surface area contributed by atoms with Crippen molar-refractivity contribution < 1.29 is 24.2 Å². The van der Waals surface area contributed by atoms with Crippen LogP contribution in [0.3, 0.4) is 0 Å². The van der Waals surface area contributed by atoms with E-state index in [0.29, 0.717) is 23.6 Å². The van der Waals surface area contributed by atoms with Crippen LogP contribution in [-0.2, 0) is 4.79 Å². The van der Waals surface area contributed by atoms with Crippen LogP contribution in [0, 0.1) is 5.92 Å². The molecule has 0 bridgehead atoms. The summed E-state index contributed by atoms with van der Waals surface area (Å²) >= 11 is 0. The summed E-state index contributed by atoms with van der Waals surface area (Å²) in [6.45, 7) is 3.64. The number of hydrogen-bond acceptors (Lipinski definition) is 4. The Balaban J connectivity index is 2.85. The van der Waals surface area contributed by atoms with Crippen LogP contribution in [0.4, 0.5) is 10.5 Å². The average Bonchev–Trinajstić information content (AvgIpc) is 2.51. The second-order valence-electron chi connectivity index (χ2n) is 4.87. The third-order valence-electron chi connectivity index (χ3n) is 3.42. The number of anilines is 1. The molecule has 0 aliphatic heterocycles. The fraction of sp³-hybridized carbons (Fsp3) is 0.467. The normalized spacial score (nSPS) is 12.9. The number of urea groups is 1. The van der Waals surface area contributed by atoms with E-state index in [4.69, 9.17) is 9.47 Å². The van der Waals surface area contributed by atoms with Crippen LogP contribution in [0.5, 0.6) is 11.5 Å². The van der Waals surface area contributed by atoms with Gasteiger partial charge in [-0.1, -0.05) is 20.3 Å². The Morgan fingerprint density at radius 3 is 2.45 bits per heavy atom. The van der Waals surface area contributed by atoms with E-state index in [9.17, 15) is 14.7 Å². The van der Waals surface area contributed by atoms with Gasteiger partial charge in [-0.05, 0) is 18.1 Å². The maximum Gasteiger partial charge on any atom is 0.326 e. The molecule has 2 atom stereocenters. The first-order chi connectivity index (χ1) is 10.4. The van der Waals surface area contributed by atoms with Gasteiger partial charge in [-0.3, -0.25) is 0 Å². The number of aliphatic carboxylic acids is 1. The second-order valence-corrected chi connectivity index (χ2v) is 4.87. The highest BCUT2D eigenvalue weighted by atomic mass is 16.5. The number of amides is 2. The van der Waals surface area contributed by atoms with Crippen molar-refractivity contribution in [1.82, 2.24) is 5.32 Å². The Morgan fingerprint density at radius 2 is 1.95 bits per heavy atom. The molecule has 0 spiro atoms. The van der Waals surface area contributed by atoms with Crippen LogP contribution in [0.25, 0.3) is 0 Å². The van der Waals surface area contributed by atoms with Gasteiger partial charge in [-0.15, -0.1) is 0 Å². The van der Waals surface area contributed by atoms with Gasteiger partial charge < -0.3 is 25.2 Å². The molecule has 0 fully saturated rings. The molecule has 0 aliphatic carbocycles. The van der Waals surface area contributed by atoms with E-state index in [1.54, 1.807) is 25.1 Å². The van der Waals surface area contributed by atoms with Gasteiger partial charge in [0.15, 0.2) is 0 Å². The summed E-state index contributed by atoms with van der Waals surface area (Å²) in [6.07, 6.45) is 0.639. The van der Waals surface area contributed by atoms with Gasteiger partial charge in [0.25, 0.3) is 0 Å². The van der Waals surface area contributed by atoms with Crippen LogP contribution < -0.4 is 20.1 Å². The maximum atomic E-state index is 12.0. The molecule has 1 aromatic carbocycles. The molecule has 2 amide bonds. The quantitative estimate of drug-likeness (QED) is 0.718. The van der Waals surface area contributed by atoms with E-state index in [0.717, 1.165) is 0 Å². The van der Waals surface area contributed by atoms with E-state index in [1.165, 1.54) is 14.2 Å². The van der Waals surface area contributed by atoms with E-state index in [1.807, 2.05) is 6.92 Å². The number of ether oxygens (including phenoxy) is 2. The lowest BCUT2D eigenvalue weighted by molar-refractivity contribution is -0.140. The van der Waals surface area contributed by atoms with E-state index in [-0.39, 0.29) is 5.92 Å². The number of carbonyl (C=O) groups excluding carboxylic acids is 1. The number of methoxy groups -OCH3 is 2. The van der Waals surface area contributed by atoms with Crippen LogP contribution in [-0.4, -0.2) is 37.4 Å². The monoisotopic (exact) mass is 310 g/mol. The zero-order valence-electron chi connectivity index (χ0n) is 13.2. The zero-order valence-corrected chi connectivity index (χ0v) is 13.2. The third kappa shape index (κ3) is 4.54. The highest BCUT2D eigenvalue weighted by Gasteiger charge is 2.25. The van der Waals surface area contributed by atoms with Crippen LogP contribution in [0.2, 0.25) is 0 Å². The molecule has 7 heteroatoms. The van der Waals surface area contributed by atoms with E-state index >= 15 is 0 Å². The molecule has 0 saturated heterocycles. The van der Waals surface area contributed by atoms with Gasteiger partial charge in [0.05, 0.1) is 19.9 Å². The molecule has 1 aromatic rings. The predicted molar refractivity (Wildman–Crippen MR) is 82.6 cm³/mol. The minimum absolute atomic E-state index is 0.185. The maximum absolute atomic E-state index is 12.0. The number of carbonyl (C=O) groups is 2. The number of carboxylic acids is 1. The lowest BCUT2D eigenvalue weighted by atomic mass is 9.99. The Hall–Kier alpha value is -2.44. The molecule has 0 heterocycles. The van der Waals surface area contributed by atoms with Gasteiger partial charge in [0.2, 0.25) is 0 Å². The van der Waals surface area contributed by atoms with Crippen LogP contribution in [0.1, 0.15) is 20.3 Å². The summed E-state index contributed by atoms with van der Waals surface area (Å²) in [5.74, 6) is -0.253. The predicted octanol–water partition coefficient (Wildman–Crippen LogP) is 2.32. The second kappa shape index (κ2) is 8.11. The van der Waals surface area contributed by atoms with Gasteiger partial charge in [0, 0.05) is 6.07 Å². The summed E-state index contributed by atoms with van der Waals surface area (Å²) < 4.78 is 10.2. The van der Waals surface area contributed by atoms with E-state index in [2.05, 4.69) is 10.6 Å². The smallest absolute Gasteiger partial charge is 0.326 e. The standard InChI is InChI=1S/C15H22N2O5/c1-5-9(2)13(14(18)19)17-15(20)16-11-8-10(21-3)6-7-12(11)22-4/h6-9,13H,5H2,1-4H3,(H,18,19)(H2,16,17,20)/t9-,13-/m0/s1. The number of rotatable bonds is 7. The molecule has 22 heavy (non-hydrogen) atoms. The molecular weight excluding hydrogens is 288 g/mol. The number of carboxylic acid groups (broad SMARTS) is 1. The van der Waals surface area contributed by atoms with Crippen molar-refractivity contribution in [3.63, 3.8) is 0 Å². The molecule has 0 aliphatic rings. The first-order valence-corrected chi connectivity index (χ1v) is 6.95. The Bertz CT molecular complexity index is 533. The summed E-state index contributed by atoms with van der Waals surface area (Å²) in [4.78, 5) is 23.3. The van der Waals surface area contributed by atoms with Gasteiger partial charge >= 0.3 is 12.0 Å². The summed E-state index contributed by atoms with van der Waals surface area (Å²) in [5, 5.41) is 14.2. The van der Waals surface area contributed by atoms with Crippen molar-refractivity contribution in [2.24, 2.45) is 5.92 Å². The average molecular weight is 310 g/mol. The van der Waals surface area contributed by atoms with Crippen molar-refractivity contribution in [1.29, 1.82) is 0 Å². The van der Waals surface area contributed by atoms with Crippen molar-refractivity contribution in [2.75, 3.05) is 19.5 Å². The molecule has 122 valence electrons. The topological polar surface area (TPSA) is 96.9 Å². The molecular formula is C15H22N2O5. The third-order valence-corrected chi connectivity index (χ3v) is 3.42. The number of benzene rings is 1. The summed E-state index contributed by atoms with van der Waals surface area (Å²) in [7, 11) is 2.99. The van der Waals surface area contributed by atoms with Gasteiger partial charge in [-0.25, -0.2) is 9.59 Å². The minimum Gasteiger partial charge on any atom is -0.497 e. The Morgan fingerprint density at radius 1 is 1.27 bits per heavy atom. The summed E-state index contributed by atoms with van der Waals surface area (Å²) in [6, 6.07) is 3.37. The fourth-order valence-electron chi connectivity index (χ4n) is 1.89. The molecule has 3 N–H and O–H groups in total. The molecule has 7 nitrogen and oxygen atoms in total. The first kappa shape index (κ1) is 17.6. The van der Waals surface area contributed by atoms with Crippen molar-refractivity contribution in [3.8, 4) is 11.5 Å². The molecule has 0 radical (unpaired) electrons. The van der Waals surface area contributed by atoms with E-state index < -0.39 is 18.0 Å². The molecule has 0 saturated carbocycles. The molecule has 0 unspecified atom stereocenters. The van der Waals surface area contributed by atoms with Gasteiger partial charge in [-0.2, -0.15) is 0 Å².